The second kappa shape index (κ2) is 35.8. The largest absolute Gasteiger partial charge is 0.481 e. The van der Waals surface area contributed by atoms with E-state index in [1.54, 1.807) is 27.7 Å². The summed E-state index contributed by atoms with van der Waals surface area (Å²) < 4.78 is 0. The topological polar surface area (TPSA) is 530 Å². The number of amides is 9. The third-order valence-corrected chi connectivity index (χ3v) is 13.1. The number of carbonyl (C=O) groups excluding carboxylic acids is 9. The van der Waals surface area contributed by atoms with Crippen LogP contribution in [0.2, 0.25) is 0 Å². The fraction of sp³-hybridized carbons (Fsp3) is 0.686. The van der Waals surface area contributed by atoms with E-state index in [0.717, 1.165) is 4.90 Å². The number of aliphatic carboxylic acids is 3. The Balaban J connectivity index is 2.37. The van der Waals surface area contributed by atoms with E-state index in [-0.39, 0.29) is 81.5 Å². The summed E-state index contributed by atoms with van der Waals surface area (Å²) in [6.07, 6.45) is 1.66. The lowest BCUT2D eigenvalue weighted by Gasteiger charge is -2.31. The number of imidazole rings is 1. The molecular weight excluding hydrogens is 1090 g/mol. The second-order valence-electron chi connectivity index (χ2n) is 21.4. The zero-order valence-corrected chi connectivity index (χ0v) is 47.8. The molecule has 1 aliphatic rings. The van der Waals surface area contributed by atoms with E-state index < -0.39 is 157 Å². The van der Waals surface area contributed by atoms with Gasteiger partial charge in [0.15, 0.2) is 5.96 Å². The van der Waals surface area contributed by atoms with Crippen molar-refractivity contribution in [3.63, 3.8) is 0 Å². The van der Waals surface area contributed by atoms with Crippen molar-refractivity contribution >= 4 is 77.0 Å². The first kappa shape index (κ1) is 71.1. The van der Waals surface area contributed by atoms with Crippen molar-refractivity contribution < 1.29 is 78.0 Å². The molecule has 0 bridgehead atoms. The fourth-order valence-electron chi connectivity index (χ4n) is 8.81. The molecule has 466 valence electrons. The number of likely N-dealkylation sites (tertiary alicyclic amines) is 1. The Morgan fingerprint density at radius 3 is 1.71 bits per heavy atom. The Bertz CT molecular complexity index is 2400. The number of nitrogens with zero attached hydrogens (tertiary/aromatic N) is 3. The molecule has 1 aromatic heterocycles. The summed E-state index contributed by atoms with van der Waals surface area (Å²) in [7, 11) is 0. The van der Waals surface area contributed by atoms with Gasteiger partial charge in [-0.25, -0.2) is 9.78 Å². The van der Waals surface area contributed by atoms with Crippen molar-refractivity contribution in [1.82, 2.24) is 57.4 Å². The van der Waals surface area contributed by atoms with Crippen LogP contribution in [0.25, 0.3) is 0 Å². The van der Waals surface area contributed by atoms with Crippen LogP contribution >= 0.6 is 0 Å². The number of aliphatic hydroxyl groups excluding tert-OH is 1. The van der Waals surface area contributed by atoms with Gasteiger partial charge in [0.25, 0.3) is 0 Å². The van der Waals surface area contributed by atoms with Crippen LogP contribution in [-0.2, 0) is 64.0 Å². The molecule has 2 heterocycles. The molecular formula is C51H86N16O16. The first-order valence-electron chi connectivity index (χ1n) is 27.5. The van der Waals surface area contributed by atoms with Crippen LogP contribution in [0.15, 0.2) is 17.5 Å². The number of carbonyl (C=O) groups is 12. The number of unbranched alkanes of at least 4 members (excludes halogenated alkanes) is 1. The maximum absolute atomic E-state index is 14.3. The molecule has 1 fully saturated rings. The molecule has 1 aromatic rings. The predicted octanol–water partition coefficient (Wildman–Crippen LogP) is -4.89. The standard InChI is InChI=1S/C51H86N16O16/c1-25(2)17-29(53)41(73)59-30(11-7-8-14-52)43(75)66-40(27(5)6)48(80)62-32(18-26(3)4)44(76)63-34(20-38(69)70)49(81)67-16-10-13-37(67)47(79)65-36(23-68)46(78)61-33(19-28-22-56-24-58-28)45(77)60-31(12-9-15-57-51(54)55)42(74)64-35(50(82)83)21-39(71)72/h22,24-27,29-37,40,68H,7-21,23,52-53H2,1-6H3,(H,56,58)(H,59,73)(H,60,77)(H,61,78)(H,62,80)(H,63,76)(H,64,74)(H,65,79)(H,66,75)(H,69,70)(H,71,72)(H,82,83)(H4,54,55,57)/t29-,30-,31-,32-,33-,34-,35-,36-,37-,40-/m0/s1. The Kier molecular flexibility index (Phi) is 30.6. The number of aliphatic imine (C=N–C) groups is 1. The number of aromatic amines is 1. The minimum absolute atomic E-state index is 0.0297. The lowest BCUT2D eigenvalue weighted by molar-refractivity contribution is -0.147. The van der Waals surface area contributed by atoms with Crippen molar-refractivity contribution in [2.75, 3.05) is 26.2 Å². The van der Waals surface area contributed by atoms with Gasteiger partial charge in [-0.15, -0.1) is 0 Å². The molecule has 0 unspecified atom stereocenters. The Labute approximate surface area is 480 Å². The van der Waals surface area contributed by atoms with Crippen LogP contribution in [0.3, 0.4) is 0 Å². The molecule has 32 nitrogen and oxygen atoms in total. The van der Waals surface area contributed by atoms with E-state index in [9.17, 15) is 78.0 Å². The van der Waals surface area contributed by atoms with E-state index in [4.69, 9.17) is 22.9 Å². The number of carboxylic acid groups (broad SMARTS) is 3. The van der Waals surface area contributed by atoms with Gasteiger partial charge >= 0.3 is 17.9 Å². The number of hydrogen-bond acceptors (Lipinski definition) is 17. The average molecular weight is 1180 g/mol. The molecule has 0 aliphatic carbocycles. The van der Waals surface area contributed by atoms with Crippen LogP contribution in [0, 0.1) is 17.8 Å². The summed E-state index contributed by atoms with van der Waals surface area (Å²) in [6.45, 7) is 9.59. The Morgan fingerprint density at radius 1 is 0.651 bits per heavy atom. The highest BCUT2D eigenvalue weighted by Crippen LogP contribution is 2.21. The molecule has 83 heavy (non-hydrogen) atoms. The first-order valence-corrected chi connectivity index (χ1v) is 27.5. The number of aliphatic hydroxyl groups is 1. The van der Waals surface area contributed by atoms with Crippen LogP contribution in [-0.4, -0.2) is 199 Å². The number of aromatic nitrogens is 2. The van der Waals surface area contributed by atoms with Gasteiger partial charge in [0.1, 0.15) is 54.4 Å². The van der Waals surface area contributed by atoms with Crippen LogP contribution in [0.1, 0.15) is 118 Å². The summed E-state index contributed by atoms with van der Waals surface area (Å²) in [6, 6.07) is -14.8. The van der Waals surface area contributed by atoms with Gasteiger partial charge in [-0.05, 0) is 82.1 Å². The molecule has 21 N–H and O–H groups in total. The Morgan fingerprint density at radius 2 is 1.17 bits per heavy atom. The van der Waals surface area contributed by atoms with Crippen molar-refractivity contribution in [2.24, 2.45) is 45.7 Å². The third-order valence-electron chi connectivity index (χ3n) is 13.1. The lowest BCUT2D eigenvalue weighted by atomic mass is 9.98. The molecule has 0 radical (unpaired) electrons. The summed E-state index contributed by atoms with van der Waals surface area (Å²) in [5, 5.41) is 58.8. The van der Waals surface area contributed by atoms with E-state index in [1.807, 2.05) is 13.8 Å². The predicted molar refractivity (Wildman–Crippen MR) is 296 cm³/mol. The molecule has 0 saturated carbocycles. The molecule has 1 aliphatic heterocycles. The number of guanidine groups is 1. The van der Waals surface area contributed by atoms with Gasteiger partial charge in [0.05, 0.1) is 31.8 Å². The van der Waals surface area contributed by atoms with Crippen molar-refractivity contribution in [3.8, 4) is 0 Å². The molecule has 1 saturated heterocycles. The molecule has 0 spiro atoms. The molecule has 32 heteroatoms. The number of rotatable bonds is 38. The van der Waals surface area contributed by atoms with Crippen LogP contribution < -0.4 is 65.5 Å². The normalized spacial score (nSPS) is 16.3. The maximum Gasteiger partial charge on any atom is 0.326 e. The minimum atomic E-state index is -1.91. The highest BCUT2D eigenvalue weighted by atomic mass is 16.4. The fourth-order valence-corrected chi connectivity index (χ4v) is 8.81. The van der Waals surface area contributed by atoms with Crippen molar-refractivity contribution in [2.45, 2.75) is 179 Å². The summed E-state index contributed by atoms with van der Waals surface area (Å²) in [5.41, 5.74) is 22.8. The van der Waals surface area contributed by atoms with Gasteiger partial charge in [-0.3, -0.25) is 57.7 Å². The summed E-state index contributed by atoms with van der Waals surface area (Å²) in [5.74, 6) is -14.2. The molecule has 0 aromatic carbocycles. The second-order valence-corrected chi connectivity index (χ2v) is 21.4. The first-order chi connectivity index (χ1) is 39.0. The summed E-state index contributed by atoms with van der Waals surface area (Å²) >= 11 is 0. The minimum Gasteiger partial charge on any atom is -0.481 e. The van der Waals surface area contributed by atoms with Gasteiger partial charge < -0.3 is 95.8 Å². The van der Waals surface area contributed by atoms with E-state index in [0.29, 0.717) is 25.8 Å². The smallest absolute Gasteiger partial charge is 0.326 e. The quantitative estimate of drug-likeness (QED) is 0.0168. The number of nitrogens with two attached hydrogens (primary N) is 4. The van der Waals surface area contributed by atoms with Gasteiger partial charge in [0.2, 0.25) is 53.2 Å². The van der Waals surface area contributed by atoms with E-state index in [2.05, 4.69) is 57.5 Å². The highest BCUT2D eigenvalue weighted by molar-refractivity contribution is 5.99. The number of hydrogen-bond donors (Lipinski definition) is 17. The third kappa shape index (κ3) is 25.4. The SMILES string of the molecule is CC(C)C[C@H](NC(=O)[C@@H](NC(=O)[C@H](CCCCN)NC(=O)[C@@H](N)CC(C)C)C(C)C)C(=O)N[C@@H](CC(=O)O)C(=O)N1CCC[C@H]1C(=O)N[C@@H](CO)C(=O)N[C@@H](Cc1cnc[nH]1)C(=O)N[C@@H](CCCN=C(N)N)C(=O)N[C@@H](CC(=O)O)C(=O)O. The average Bonchev–Trinajstić information content (AvgIpc) is 4.34. The van der Waals surface area contributed by atoms with Crippen LogP contribution in [0.4, 0.5) is 0 Å². The Hall–Kier alpha value is -8.00. The van der Waals surface area contributed by atoms with Crippen LogP contribution in [0.5, 0.6) is 0 Å². The monoisotopic (exact) mass is 1180 g/mol. The lowest BCUT2D eigenvalue weighted by Crippen LogP contribution is -2.61. The maximum atomic E-state index is 14.3. The van der Waals surface area contributed by atoms with Gasteiger partial charge in [0, 0.05) is 31.4 Å². The highest BCUT2D eigenvalue weighted by Gasteiger charge is 2.41. The number of carboxylic acids is 3. The molecule has 9 amide bonds. The number of nitrogens with one attached hydrogen (secondary N) is 9. The van der Waals surface area contributed by atoms with Gasteiger partial charge in [-0.1, -0.05) is 41.5 Å². The van der Waals surface area contributed by atoms with E-state index >= 15 is 0 Å². The number of H-pyrrole nitrogens is 1. The van der Waals surface area contributed by atoms with Crippen molar-refractivity contribution in [3.05, 3.63) is 18.2 Å². The molecule has 10 atom stereocenters. The van der Waals surface area contributed by atoms with Gasteiger partial charge in [-0.2, -0.15) is 0 Å². The van der Waals surface area contributed by atoms with E-state index in [1.165, 1.54) is 12.5 Å². The van der Waals surface area contributed by atoms with Crippen molar-refractivity contribution in [1.29, 1.82) is 0 Å². The molecule has 2 rings (SSSR count). The zero-order valence-electron chi connectivity index (χ0n) is 47.8. The summed E-state index contributed by atoms with van der Waals surface area (Å²) in [4.78, 5) is 171. The zero-order chi connectivity index (χ0) is 62.7.